The summed E-state index contributed by atoms with van der Waals surface area (Å²) in [4.78, 5) is 20.0. The van der Waals surface area contributed by atoms with Gasteiger partial charge in [-0.3, -0.25) is 9.11 Å². The third-order valence-corrected chi connectivity index (χ3v) is 4.46. The number of aromatic carboxylic acids is 2. The van der Waals surface area contributed by atoms with Crippen LogP contribution in [0.1, 0.15) is 20.7 Å². The lowest BCUT2D eigenvalue weighted by Crippen LogP contribution is -2.01. The highest BCUT2D eigenvalue weighted by molar-refractivity contribution is 7.86. The highest BCUT2D eigenvalue weighted by Crippen LogP contribution is 2.11. The van der Waals surface area contributed by atoms with E-state index in [0.717, 1.165) is 24.3 Å². The predicted molar refractivity (Wildman–Crippen MR) is 86.4 cm³/mol. The van der Waals surface area contributed by atoms with Gasteiger partial charge < -0.3 is 10.2 Å². The van der Waals surface area contributed by atoms with Gasteiger partial charge in [0.15, 0.2) is 0 Å². The molecular weight excluding hydrogens is 392 g/mol. The minimum atomic E-state index is -4.32. The quantitative estimate of drug-likeness (QED) is 0.541. The molecule has 0 spiro atoms. The molecule has 0 atom stereocenters. The zero-order valence-corrected chi connectivity index (χ0v) is 14.3. The van der Waals surface area contributed by atoms with Crippen LogP contribution >= 0.6 is 0 Å². The van der Waals surface area contributed by atoms with Crippen LogP contribution in [0.3, 0.4) is 0 Å². The second-order valence-corrected chi connectivity index (χ2v) is 7.46. The van der Waals surface area contributed by atoms with E-state index in [1.807, 2.05) is 0 Å². The molecule has 26 heavy (non-hydrogen) atoms. The summed E-state index contributed by atoms with van der Waals surface area (Å²) in [5, 5.41) is 17.0. The van der Waals surface area contributed by atoms with E-state index < -0.39 is 42.0 Å². The van der Waals surface area contributed by atoms with Gasteiger partial charge in [-0.15, -0.1) is 0 Å². The standard InChI is InChI=1S/2C7H6O5S/c2*8-7(9)5-2-1-3-6(4-5)13(10,11)12/h2*1-4H,(H,8,9)(H,10,11,12). The lowest BCUT2D eigenvalue weighted by atomic mass is 10.2. The smallest absolute Gasteiger partial charge is 0.335 e. The summed E-state index contributed by atoms with van der Waals surface area (Å²) < 4.78 is 59.4. The summed E-state index contributed by atoms with van der Waals surface area (Å²) in [5.74, 6) is -2.49. The van der Waals surface area contributed by atoms with Crippen molar-refractivity contribution >= 4 is 32.2 Å². The molecule has 140 valence electrons. The molecule has 0 heterocycles. The maximum atomic E-state index is 10.6. The van der Waals surface area contributed by atoms with E-state index in [-0.39, 0.29) is 11.1 Å². The zero-order valence-electron chi connectivity index (χ0n) is 12.7. The predicted octanol–water partition coefficient (Wildman–Crippen LogP) is 1.26. The summed E-state index contributed by atoms with van der Waals surface area (Å²) in [6.07, 6.45) is 0. The maximum absolute atomic E-state index is 10.6. The van der Waals surface area contributed by atoms with Crippen molar-refractivity contribution in [2.24, 2.45) is 0 Å². The van der Waals surface area contributed by atoms with Crippen molar-refractivity contribution in [1.82, 2.24) is 0 Å². The van der Waals surface area contributed by atoms with Crippen molar-refractivity contribution in [3.05, 3.63) is 59.7 Å². The summed E-state index contributed by atoms with van der Waals surface area (Å²) in [6, 6.07) is 8.95. The third kappa shape index (κ3) is 6.25. The number of carboxylic acid groups (broad SMARTS) is 2. The molecule has 0 aromatic heterocycles. The van der Waals surface area contributed by atoms with Gasteiger partial charge in [0, 0.05) is 0 Å². The van der Waals surface area contributed by atoms with Crippen LogP contribution in [0.2, 0.25) is 0 Å². The molecular formula is C14H12O10S2. The van der Waals surface area contributed by atoms with Gasteiger partial charge in [-0.05, 0) is 36.4 Å². The van der Waals surface area contributed by atoms with Gasteiger partial charge in [0.1, 0.15) is 0 Å². The summed E-state index contributed by atoms with van der Waals surface area (Å²) >= 11 is 0. The minimum absolute atomic E-state index is 0.185. The fourth-order valence-electron chi connectivity index (χ4n) is 1.58. The number of hydrogen-bond donors (Lipinski definition) is 4. The molecule has 0 aliphatic heterocycles. The molecule has 0 saturated heterocycles. The topological polar surface area (TPSA) is 183 Å². The van der Waals surface area contributed by atoms with Crippen molar-refractivity contribution in [2.75, 3.05) is 0 Å². The molecule has 2 rings (SSSR count). The van der Waals surface area contributed by atoms with Crippen molar-refractivity contribution in [1.29, 1.82) is 0 Å². The Hall–Kier alpha value is -2.80. The van der Waals surface area contributed by atoms with Crippen molar-refractivity contribution in [2.45, 2.75) is 9.79 Å². The van der Waals surface area contributed by atoms with E-state index >= 15 is 0 Å². The van der Waals surface area contributed by atoms with E-state index in [4.69, 9.17) is 19.3 Å². The largest absolute Gasteiger partial charge is 0.478 e. The number of hydrogen-bond acceptors (Lipinski definition) is 6. The Morgan fingerprint density at radius 3 is 1.19 bits per heavy atom. The molecule has 0 aliphatic rings. The average molecular weight is 404 g/mol. The number of benzene rings is 2. The zero-order chi connectivity index (χ0) is 20.1. The molecule has 0 unspecified atom stereocenters. The fourth-order valence-corrected chi connectivity index (χ4v) is 2.63. The van der Waals surface area contributed by atoms with Crippen LogP contribution in [-0.4, -0.2) is 48.1 Å². The van der Waals surface area contributed by atoms with E-state index in [2.05, 4.69) is 0 Å². The van der Waals surface area contributed by atoms with Crippen molar-refractivity contribution in [3.8, 4) is 0 Å². The summed E-state index contributed by atoms with van der Waals surface area (Å²) in [7, 11) is -8.64. The first kappa shape index (κ1) is 21.2. The highest BCUT2D eigenvalue weighted by Gasteiger charge is 2.12. The van der Waals surface area contributed by atoms with Crippen LogP contribution in [0.15, 0.2) is 58.3 Å². The van der Waals surface area contributed by atoms with Gasteiger partial charge >= 0.3 is 11.9 Å². The second-order valence-electron chi connectivity index (χ2n) is 4.62. The van der Waals surface area contributed by atoms with E-state index in [0.29, 0.717) is 0 Å². The lowest BCUT2D eigenvalue weighted by Gasteiger charge is -1.97. The molecule has 0 aliphatic carbocycles. The van der Waals surface area contributed by atoms with Crippen LogP contribution in [0.5, 0.6) is 0 Å². The minimum Gasteiger partial charge on any atom is -0.478 e. The first-order chi connectivity index (χ1) is 11.8. The Balaban J connectivity index is 0.000000260. The second kappa shape index (κ2) is 8.05. The molecule has 0 bridgehead atoms. The van der Waals surface area contributed by atoms with Crippen LogP contribution in [0.4, 0.5) is 0 Å². The fraction of sp³-hybridized carbons (Fsp3) is 0. The van der Waals surface area contributed by atoms with Crippen molar-refractivity contribution < 1.29 is 45.7 Å². The SMILES string of the molecule is O=C(O)c1cccc(S(=O)(=O)O)c1.O=C(O)c1cccc(S(=O)(=O)O)c1. The van der Waals surface area contributed by atoms with E-state index in [1.54, 1.807) is 0 Å². The van der Waals surface area contributed by atoms with Gasteiger partial charge in [-0.25, -0.2) is 9.59 Å². The van der Waals surface area contributed by atoms with Crippen LogP contribution in [0.25, 0.3) is 0 Å². The van der Waals surface area contributed by atoms with Crippen molar-refractivity contribution in [3.63, 3.8) is 0 Å². The number of carbonyl (C=O) groups is 2. The molecule has 0 radical (unpaired) electrons. The van der Waals surface area contributed by atoms with Gasteiger partial charge in [0.25, 0.3) is 20.2 Å². The Bertz CT molecular complexity index is 953. The average Bonchev–Trinajstić information content (AvgIpc) is 2.54. The van der Waals surface area contributed by atoms with E-state index in [1.165, 1.54) is 24.3 Å². The molecule has 2 aromatic rings. The molecule has 2 aromatic carbocycles. The molecule has 12 heteroatoms. The highest BCUT2D eigenvalue weighted by atomic mass is 32.2. The van der Waals surface area contributed by atoms with Crippen LogP contribution in [0, 0.1) is 0 Å². The van der Waals surface area contributed by atoms with Gasteiger partial charge in [0.2, 0.25) is 0 Å². The Morgan fingerprint density at radius 2 is 0.962 bits per heavy atom. The van der Waals surface area contributed by atoms with Gasteiger partial charge in [-0.2, -0.15) is 16.8 Å². The first-order valence-electron chi connectivity index (χ1n) is 6.44. The Morgan fingerprint density at radius 1 is 0.654 bits per heavy atom. The third-order valence-electron chi connectivity index (χ3n) is 2.76. The normalized spacial score (nSPS) is 11.2. The molecule has 0 fully saturated rings. The van der Waals surface area contributed by atoms with Crippen LogP contribution in [-0.2, 0) is 20.2 Å². The van der Waals surface area contributed by atoms with E-state index in [9.17, 15) is 26.4 Å². The number of rotatable bonds is 4. The summed E-state index contributed by atoms with van der Waals surface area (Å²) in [6.45, 7) is 0. The maximum Gasteiger partial charge on any atom is 0.335 e. The monoisotopic (exact) mass is 404 g/mol. The number of carboxylic acids is 2. The first-order valence-corrected chi connectivity index (χ1v) is 9.32. The Labute approximate surface area is 147 Å². The molecule has 0 saturated carbocycles. The van der Waals surface area contributed by atoms with Crippen LogP contribution < -0.4 is 0 Å². The van der Waals surface area contributed by atoms with Gasteiger partial charge in [-0.1, -0.05) is 12.1 Å². The summed E-state index contributed by atoms with van der Waals surface area (Å²) in [5.41, 5.74) is -0.370. The molecule has 4 N–H and O–H groups in total. The van der Waals surface area contributed by atoms with Gasteiger partial charge in [0.05, 0.1) is 20.9 Å². The molecule has 0 amide bonds. The Kier molecular flexibility index (Phi) is 6.58. The molecule has 10 nitrogen and oxygen atoms in total. The lowest BCUT2D eigenvalue weighted by molar-refractivity contribution is 0.0685.